The van der Waals surface area contributed by atoms with Crippen LogP contribution in [0.2, 0.25) is 0 Å². The summed E-state index contributed by atoms with van der Waals surface area (Å²) in [7, 11) is 0. The third-order valence-electron chi connectivity index (χ3n) is 3.83. The smallest absolute Gasteiger partial charge is 0.329 e. The molecule has 6 heteroatoms. The number of amides is 1. The number of carboxylic acids is 1. The fourth-order valence-corrected chi connectivity index (χ4v) is 3.88. The van der Waals surface area contributed by atoms with Crippen LogP contribution in [-0.2, 0) is 9.59 Å². The Morgan fingerprint density at radius 2 is 2.33 bits per heavy atom. The van der Waals surface area contributed by atoms with Gasteiger partial charge in [0.05, 0.1) is 6.04 Å². The van der Waals surface area contributed by atoms with E-state index in [4.69, 9.17) is 0 Å². The summed E-state index contributed by atoms with van der Waals surface area (Å²) in [5.41, 5.74) is -0.958. The standard InChI is InChI=1S/C12H20N2O3S/c1-2-4-12(11(16)17)5-3-6-14(12)10(15)9-7-18-8-13-9/h9,13H,2-8H2,1H3,(H,16,17). The lowest BCUT2D eigenvalue weighted by Gasteiger charge is -2.36. The van der Waals surface area contributed by atoms with Gasteiger partial charge in [-0.15, -0.1) is 11.8 Å². The average Bonchev–Trinajstić information content (AvgIpc) is 2.98. The molecule has 1 amide bonds. The van der Waals surface area contributed by atoms with Gasteiger partial charge in [-0.2, -0.15) is 0 Å². The van der Waals surface area contributed by atoms with Gasteiger partial charge in [-0.25, -0.2) is 4.79 Å². The van der Waals surface area contributed by atoms with Crippen LogP contribution in [0.15, 0.2) is 0 Å². The summed E-state index contributed by atoms with van der Waals surface area (Å²) in [5, 5.41) is 12.7. The summed E-state index contributed by atoms with van der Waals surface area (Å²) in [4.78, 5) is 25.7. The second kappa shape index (κ2) is 5.48. The molecule has 2 unspecified atom stereocenters. The second-order valence-electron chi connectivity index (χ2n) is 4.95. The minimum absolute atomic E-state index is 0.0339. The normalized spacial score (nSPS) is 31.8. The number of nitrogens with zero attached hydrogens (tertiary/aromatic N) is 1. The first-order valence-corrected chi connectivity index (χ1v) is 7.63. The third-order valence-corrected chi connectivity index (χ3v) is 4.77. The summed E-state index contributed by atoms with van der Waals surface area (Å²) in [6.45, 7) is 2.54. The quantitative estimate of drug-likeness (QED) is 0.795. The summed E-state index contributed by atoms with van der Waals surface area (Å²) >= 11 is 1.69. The molecule has 0 aromatic carbocycles. The van der Waals surface area contributed by atoms with Gasteiger partial charge in [0.2, 0.25) is 5.91 Å². The minimum Gasteiger partial charge on any atom is -0.479 e. The lowest BCUT2D eigenvalue weighted by Crippen LogP contribution is -2.57. The lowest BCUT2D eigenvalue weighted by molar-refractivity contribution is -0.157. The SMILES string of the molecule is CCCC1(C(=O)O)CCCN1C(=O)C1CSCN1. The largest absolute Gasteiger partial charge is 0.479 e. The van der Waals surface area contributed by atoms with Crippen LogP contribution < -0.4 is 5.32 Å². The highest BCUT2D eigenvalue weighted by Crippen LogP contribution is 2.35. The zero-order valence-corrected chi connectivity index (χ0v) is 11.5. The number of thioether (sulfide) groups is 1. The van der Waals surface area contributed by atoms with Crippen LogP contribution in [0.5, 0.6) is 0 Å². The van der Waals surface area contributed by atoms with Gasteiger partial charge in [0, 0.05) is 18.2 Å². The molecule has 2 rings (SSSR count). The fourth-order valence-electron chi connectivity index (χ4n) is 2.94. The Balaban J connectivity index is 2.18. The van der Waals surface area contributed by atoms with Crippen LogP contribution >= 0.6 is 11.8 Å². The van der Waals surface area contributed by atoms with E-state index in [2.05, 4.69) is 5.32 Å². The molecule has 0 spiro atoms. The lowest BCUT2D eigenvalue weighted by atomic mass is 9.90. The molecular formula is C12H20N2O3S. The molecule has 2 fully saturated rings. The number of carbonyl (C=O) groups is 2. The Hall–Kier alpha value is -0.750. The van der Waals surface area contributed by atoms with Crippen molar-refractivity contribution in [3.8, 4) is 0 Å². The van der Waals surface area contributed by atoms with Gasteiger partial charge in [-0.3, -0.25) is 10.1 Å². The van der Waals surface area contributed by atoms with E-state index in [-0.39, 0.29) is 11.9 Å². The number of carbonyl (C=O) groups excluding carboxylic acids is 1. The predicted octanol–water partition coefficient (Wildman–Crippen LogP) is 0.895. The van der Waals surface area contributed by atoms with Crippen molar-refractivity contribution in [2.24, 2.45) is 0 Å². The van der Waals surface area contributed by atoms with Crippen molar-refractivity contribution in [1.29, 1.82) is 0 Å². The Bertz CT molecular complexity index is 344. The van der Waals surface area contributed by atoms with Gasteiger partial charge in [0.1, 0.15) is 5.54 Å². The van der Waals surface area contributed by atoms with Crippen LogP contribution in [0.1, 0.15) is 32.6 Å². The number of nitrogens with one attached hydrogen (secondary N) is 1. The highest BCUT2D eigenvalue weighted by atomic mass is 32.2. The number of likely N-dealkylation sites (tertiary alicyclic amines) is 1. The molecule has 0 aliphatic carbocycles. The molecule has 2 N–H and O–H groups in total. The first-order valence-electron chi connectivity index (χ1n) is 6.48. The Labute approximate surface area is 111 Å². The van der Waals surface area contributed by atoms with Crippen molar-refractivity contribution >= 4 is 23.6 Å². The fraction of sp³-hybridized carbons (Fsp3) is 0.833. The summed E-state index contributed by atoms with van der Waals surface area (Å²) < 4.78 is 0. The maximum absolute atomic E-state index is 12.4. The van der Waals surface area contributed by atoms with Crippen LogP contribution in [0.3, 0.4) is 0 Å². The summed E-state index contributed by atoms with van der Waals surface area (Å²) in [5.74, 6) is 0.643. The van der Waals surface area contributed by atoms with E-state index in [1.807, 2.05) is 6.92 Å². The molecule has 5 nitrogen and oxygen atoms in total. The van der Waals surface area contributed by atoms with Crippen molar-refractivity contribution in [1.82, 2.24) is 10.2 Å². The van der Waals surface area contributed by atoms with Crippen LogP contribution in [0, 0.1) is 0 Å². The Morgan fingerprint density at radius 3 is 2.89 bits per heavy atom. The molecule has 0 aromatic rings. The van der Waals surface area contributed by atoms with E-state index in [9.17, 15) is 14.7 Å². The molecule has 2 heterocycles. The Morgan fingerprint density at radius 1 is 1.56 bits per heavy atom. The van der Waals surface area contributed by atoms with Crippen molar-refractivity contribution in [2.45, 2.75) is 44.2 Å². The second-order valence-corrected chi connectivity index (χ2v) is 5.98. The van der Waals surface area contributed by atoms with Gasteiger partial charge in [0.15, 0.2) is 0 Å². The van der Waals surface area contributed by atoms with Crippen molar-refractivity contribution in [2.75, 3.05) is 18.2 Å². The summed E-state index contributed by atoms with van der Waals surface area (Å²) in [6.07, 6.45) is 2.70. The highest BCUT2D eigenvalue weighted by Gasteiger charge is 2.50. The molecule has 2 aliphatic rings. The molecule has 0 saturated carbocycles. The number of rotatable bonds is 4. The number of hydrogen-bond donors (Lipinski definition) is 2. The van der Waals surface area contributed by atoms with Crippen molar-refractivity contribution in [3.05, 3.63) is 0 Å². The van der Waals surface area contributed by atoms with Gasteiger partial charge >= 0.3 is 5.97 Å². The highest BCUT2D eigenvalue weighted by molar-refractivity contribution is 7.99. The van der Waals surface area contributed by atoms with Crippen LogP contribution in [0.25, 0.3) is 0 Å². The van der Waals surface area contributed by atoms with Gasteiger partial charge < -0.3 is 10.0 Å². The minimum atomic E-state index is -0.958. The van der Waals surface area contributed by atoms with Crippen molar-refractivity contribution < 1.29 is 14.7 Å². The first-order chi connectivity index (χ1) is 8.62. The van der Waals surface area contributed by atoms with Gasteiger partial charge in [0.25, 0.3) is 0 Å². The monoisotopic (exact) mass is 272 g/mol. The maximum atomic E-state index is 12.4. The molecular weight excluding hydrogens is 252 g/mol. The maximum Gasteiger partial charge on any atom is 0.329 e. The molecule has 2 aliphatic heterocycles. The topological polar surface area (TPSA) is 69.6 Å². The third kappa shape index (κ3) is 2.23. The molecule has 0 radical (unpaired) electrons. The zero-order valence-electron chi connectivity index (χ0n) is 10.6. The van der Waals surface area contributed by atoms with Crippen molar-refractivity contribution in [3.63, 3.8) is 0 Å². The molecule has 0 aromatic heterocycles. The number of carboxylic acid groups (broad SMARTS) is 1. The Kier molecular flexibility index (Phi) is 4.17. The van der Waals surface area contributed by atoms with Gasteiger partial charge in [-0.1, -0.05) is 13.3 Å². The predicted molar refractivity (Wildman–Crippen MR) is 70.5 cm³/mol. The van der Waals surface area contributed by atoms with E-state index in [1.54, 1.807) is 16.7 Å². The molecule has 0 bridgehead atoms. The van der Waals surface area contributed by atoms with E-state index >= 15 is 0 Å². The average molecular weight is 272 g/mol. The first kappa shape index (κ1) is 13.7. The van der Waals surface area contributed by atoms with E-state index < -0.39 is 11.5 Å². The molecule has 102 valence electrons. The van der Waals surface area contributed by atoms with Gasteiger partial charge in [-0.05, 0) is 19.3 Å². The number of aliphatic carboxylic acids is 1. The molecule has 2 atom stereocenters. The zero-order chi connectivity index (χ0) is 13.2. The number of hydrogen-bond acceptors (Lipinski definition) is 4. The summed E-state index contributed by atoms with van der Waals surface area (Å²) in [6, 6.07) is -0.205. The van der Waals surface area contributed by atoms with E-state index in [1.165, 1.54) is 0 Å². The molecule has 18 heavy (non-hydrogen) atoms. The van der Waals surface area contributed by atoms with Crippen LogP contribution in [0.4, 0.5) is 0 Å². The van der Waals surface area contributed by atoms with Crippen LogP contribution in [-0.4, -0.2) is 51.6 Å². The van der Waals surface area contributed by atoms with E-state index in [0.29, 0.717) is 19.4 Å². The molecule has 2 saturated heterocycles. The van der Waals surface area contributed by atoms with E-state index in [0.717, 1.165) is 24.5 Å².